The molecule has 0 radical (unpaired) electrons. The van der Waals surface area contributed by atoms with Gasteiger partial charge in [-0.15, -0.1) is 0 Å². The van der Waals surface area contributed by atoms with Crippen LogP contribution in [-0.4, -0.2) is 28.8 Å². The van der Waals surface area contributed by atoms with E-state index >= 15 is 0 Å². The molecule has 19 heavy (non-hydrogen) atoms. The van der Waals surface area contributed by atoms with Crippen molar-refractivity contribution in [2.45, 2.75) is 53.6 Å². The molecule has 2 N–H and O–H groups in total. The number of nitrogens with one attached hydrogen (secondary N) is 2. The van der Waals surface area contributed by atoms with Crippen molar-refractivity contribution in [3.63, 3.8) is 0 Å². The number of carbonyl (C=O) groups is 1. The lowest BCUT2D eigenvalue weighted by atomic mass is 10.1. The number of hydrogen-bond acceptors (Lipinski definition) is 3. The van der Waals surface area contributed by atoms with Gasteiger partial charge in [-0.3, -0.25) is 9.48 Å². The van der Waals surface area contributed by atoms with Crippen molar-refractivity contribution >= 4 is 5.91 Å². The predicted molar refractivity (Wildman–Crippen MR) is 77.1 cm³/mol. The summed E-state index contributed by atoms with van der Waals surface area (Å²) < 4.78 is 2.00. The molecule has 0 fully saturated rings. The Morgan fingerprint density at radius 1 is 1.37 bits per heavy atom. The molecule has 0 aliphatic carbocycles. The van der Waals surface area contributed by atoms with Crippen molar-refractivity contribution in [1.82, 2.24) is 20.4 Å². The first-order valence-electron chi connectivity index (χ1n) is 7.05. The van der Waals surface area contributed by atoms with Crippen LogP contribution in [-0.2, 0) is 11.3 Å². The Labute approximate surface area is 115 Å². The lowest BCUT2D eigenvalue weighted by Crippen LogP contribution is -2.35. The molecule has 0 aromatic carbocycles. The molecule has 0 aliphatic heterocycles. The van der Waals surface area contributed by atoms with Crippen LogP contribution < -0.4 is 10.6 Å². The van der Waals surface area contributed by atoms with Crippen LogP contribution in [0.4, 0.5) is 0 Å². The Bertz CT molecular complexity index is 425. The molecule has 5 nitrogen and oxygen atoms in total. The molecule has 1 rings (SSSR count). The van der Waals surface area contributed by atoms with Gasteiger partial charge in [0.1, 0.15) is 0 Å². The summed E-state index contributed by atoms with van der Waals surface area (Å²) in [6, 6.07) is 0.132. The highest BCUT2D eigenvalue weighted by Crippen LogP contribution is 2.20. The van der Waals surface area contributed by atoms with Crippen molar-refractivity contribution in [2.24, 2.45) is 0 Å². The van der Waals surface area contributed by atoms with E-state index in [0.717, 1.165) is 25.2 Å². The summed E-state index contributed by atoms with van der Waals surface area (Å²) in [6.07, 6.45) is 0.961. The van der Waals surface area contributed by atoms with E-state index in [-0.39, 0.29) is 11.9 Å². The van der Waals surface area contributed by atoms with Crippen LogP contribution in [0.2, 0.25) is 0 Å². The molecule has 0 saturated carbocycles. The zero-order chi connectivity index (χ0) is 14.4. The van der Waals surface area contributed by atoms with Crippen LogP contribution in [0.15, 0.2) is 0 Å². The second kappa shape index (κ2) is 7.28. The van der Waals surface area contributed by atoms with E-state index < -0.39 is 0 Å². The molecule has 1 amide bonds. The molecule has 0 spiro atoms. The Morgan fingerprint density at radius 2 is 2.05 bits per heavy atom. The molecular weight excluding hydrogens is 240 g/mol. The maximum absolute atomic E-state index is 11.6. The van der Waals surface area contributed by atoms with E-state index in [1.54, 1.807) is 0 Å². The summed E-state index contributed by atoms with van der Waals surface area (Å²) in [5.41, 5.74) is 3.41. The Kier molecular flexibility index (Phi) is 6.02. The first-order chi connectivity index (χ1) is 9.01. The maximum Gasteiger partial charge on any atom is 0.233 e. The van der Waals surface area contributed by atoms with Crippen molar-refractivity contribution in [1.29, 1.82) is 0 Å². The van der Waals surface area contributed by atoms with Crippen LogP contribution >= 0.6 is 0 Å². The minimum atomic E-state index is 0.0480. The minimum Gasteiger partial charge on any atom is -0.355 e. The smallest absolute Gasteiger partial charge is 0.233 e. The molecule has 1 unspecified atom stereocenters. The number of aryl methyl sites for hydroxylation is 2. The van der Waals surface area contributed by atoms with E-state index in [2.05, 4.69) is 36.5 Å². The van der Waals surface area contributed by atoms with Gasteiger partial charge in [0.05, 0.1) is 12.2 Å². The zero-order valence-corrected chi connectivity index (χ0v) is 12.7. The molecule has 108 valence electrons. The van der Waals surface area contributed by atoms with Crippen LogP contribution in [0, 0.1) is 13.8 Å². The number of nitrogens with zero attached hydrogens (tertiary/aromatic N) is 2. The summed E-state index contributed by atoms with van der Waals surface area (Å²) in [4.78, 5) is 11.6. The third kappa shape index (κ3) is 4.06. The first kappa shape index (κ1) is 15.7. The van der Waals surface area contributed by atoms with Gasteiger partial charge in [-0.2, -0.15) is 5.10 Å². The third-order valence-corrected chi connectivity index (χ3v) is 3.31. The average molecular weight is 266 g/mol. The van der Waals surface area contributed by atoms with Crippen molar-refractivity contribution in [3.05, 3.63) is 17.0 Å². The van der Waals surface area contributed by atoms with Gasteiger partial charge in [0, 0.05) is 30.4 Å². The van der Waals surface area contributed by atoms with Gasteiger partial charge < -0.3 is 10.6 Å². The van der Waals surface area contributed by atoms with E-state index in [1.165, 1.54) is 11.3 Å². The second-order valence-corrected chi connectivity index (χ2v) is 4.85. The van der Waals surface area contributed by atoms with E-state index in [1.807, 2.05) is 18.5 Å². The van der Waals surface area contributed by atoms with Gasteiger partial charge in [-0.05, 0) is 34.1 Å². The Morgan fingerprint density at radius 3 is 2.58 bits per heavy atom. The zero-order valence-electron chi connectivity index (χ0n) is 12.7. The highest BCUT2D eigenvalue weighted by Gasteiger charge is 2.17. The fraction of sp³-hybridized carbons (Fsp3) is 0.714. The molecule has 0 aliphatic rings. The SMILES string of the molecule is CCCNC(=O)CNC(C)c1c(C)nn(CC)c1C. The highest BCUT2D eigenvalue weighted by atomic mass is 16.1. The van der Waals surface area contributed by atoms with E-state index in [0.29, 0.717) is 6.54 Å². The molecule has 5 heteroatoms. The number of carbonyl (C=O) groups excluding carboxylic acids is 1. The summed E-state index contributed by atoms with van der Waals surface area (Å²) in [7, 11) is 0. The lowest BCUT2D eigenvalue weighted by molar-refractivity contribution is -0.120. The van der Waals surface area contributed by atoms with Gasteiger partial charge >= 0.3 is 0 Å². The molecule has 0 saturated heterocycles. The minimum absolute atomic E-state index is 0.0480. The fourth-order valence-electron chi connectivity index (χ4n) is 2.32. The maximum atomic E-state index is 11.6. The van der Waals surface area contributed by atoms with Crippen LogP contribution in [0.3, 0.4) is 0 Å². The second-order valence-electron chi connectivity index (χ2n) is 4.85. The lowest BCUT2D eigenvalue weighted by Gasteiger charge is -2.14. The van der Waals surface area contributed by atoms with Crippen LogP contribution in [0.1, 0.15) is 50.2 Å². The molecule has 1 aromatic heterocycles. The number of rotatable bonds is 7. The number of hydrogen-bond donors (Lipinski definition) is 2. The third-order valence-electron chi connectivity index (χ3n) is 3.31. The van der Waals surface area contributed by atoms with E-state index in [4.69, 9.17) is 0 Å². The van der Waals surface area contributed by atoms with Gasteiger partial charge in [0.25, 0.3) is 0 Å². The van der Waals surface area contributed by atoms with Crippen molar-refractivity contribution < 1.29 is 4.79 Å². The number of amides is 1. The largest absolute Gasteiger partial charge is 0.355 e. The van der Waals surface area contributed by atoms with Gasteiger partial charge in [-0.1, -0.05) is 6.92 Å². The van der Waals surface area contributed by atoms with E-state index in [9.17, 15) is 4.79 Å². The monoisotopic (exact) mass is 266 g/mol. The standard InChI is InChI=1S/C14H26N4O/c1-6-8-15-13(19)9-16-10(3)14-11(4)17-18(7-2)12(14)5/h10,16H,6-9H2,1-5H3,(H,15,19). The summed E-state index contributed by atoms with van der Waals surface area (Å²) in [5, 5.41) is 10.6. The van der Waals surface area contributed by atoms with Gasteiger partial charge in [0.15, 0.2) is 0 Å². The van der Waals surface area contributed by atoms with Crippen LogP contribution in [0.5, 0.6) is 0 Å². The van der Waals surface area contributed by atoms with Crippen molar-refractivity contribution in [2.75, 3.05) is 13.1 Å². The summed E-state index contributed by atoms with van der Waals surface area (Å²) >= 11 is 0. The number of aromatic nitrogens is 2. The fourth-order valence-corrected chi connectivity index (χ4v) is 2.32. The topological polar surface area (TPSA) is 59.0 Å². The van der Waals surface area contributed by atoms with Crippen LogP contribution in [0.25, 0.3) is 0 Å². The summed E-state index contributed by atoms with van der Waals surface area (Å²) in [6.45, 7) is 12.2. The van der Waals surface area contributed by atoms with Crippen molar-refractivity contribution in [3.8, 4) is 0 Å². The Balaban J connectivity index is 2.61. The molecule has 0 bridgehead atoms. The molecular formula is C14H26N4O. The Hall–Kier alpha value is -1.36. The van der Waals surface area contributed by atoms with Gasteiger partial charge in [-0.25, -0.2) is 0 Å². The quantitative estimate of drug-likeness (QED) is 0.789. The summed E-state index contributed by atoms with van der Waals surface area (Å²) in [5.74, 6) is 0.0480. The average Bonchev–Trinajstić information content (AvgIpc) is 2.68. The molecule has 1 aromatic rings. The normalized spacial score (nSPS) is 12.5. The highest BCUT2D eigenvalue weighted by molar-refractivity contribution is 5.78. The first-order valence-corrected chi connectivity index (χ1v) is 7.05. The molecule has 1 heterocycles. The van der Waals surface area contributed by atoms with Gasteiger partial charge in [0.2, 0.25) is 5.91 Å². The molecule has 1 atom stereocenters. The predicted octanol–water partition coefficient (Wildman–Crippen LogP) is 1.70.